The number of hydrogen-bond acceptors (Lipinski definition) is 4. The summed E-state index contributed by atoms with van der Waals surface area (Å²) in [6.45, 7) is 5.66. The van der Waals surface area contributed by atoms with Crippen molar-refractivity contribution >= 4 is 41.3 Å². The van der Waals surface area contributed by atoms with Crippen LogP contribution in [0.15, 0.2) is 22.5 Å². The van der Waals surface area contributed by atoms with Crippen LogP contribution >= 0.6 is 35.3 Å². The predicted octanol–water partition coefficient (Wildman–Crippen LogP) is 3.07. The van der Waals surface area contributed by atoms with Crippen molar-refractivity contribution in [2.75, 3.05) is 39.9 Å². The van der Waals surface area contributed by atoms with E-state index in [1.165, 1.54) is 37.0 Å². The Hall–Kier alpha value is -0.380. The lowest BCUT2D eigenvalue weighted by atomic mass is 9.80. The first kappa shape index (κ1) is 20.9. The highest BCUT2D eigenvalue weighted by atomic mass is 127. The largest absolute Gasteiger partial charge is 0.379 e. The van der Waals surface area contributed by atoms with Gasteiger partial charge in [-0.15, -0.1) is 35.3 Å². The summed E-state index contributed by atoms with van der Waals surface area (Å²) in [7, 11) is 1.85. The number of guanidine groups is 1. The van der Waals surface area contributed by atoms with Gasteiger partial charge in [0.05, 0.1) is 19.8 Å². The first-order valence-electron chi connectivity index (χ1n) is 9.12. The fourth-order valence-corrected chi connectivity index (χ4v) is 4.55. The smallest absolute Gasteiger partial charge is 0.191 e. The van der Waals surface area contributed by atoms with Gasteiger partial charge >= 0.3 is 0 Å². The van der Waals surface area contributed by atoms with Crippen LogP contribution in [0.2, 0.25) is 0 Å². The normalized spacial score (nSPS) is 21.4. The average Bonchev–Trinajstić information content (AvgIpc) is 3.17. The molecule has 142 valence electrons. The van der Waals surface area contributed by atoms with Crippen LogP contribution in [0.25, 0.3) is 0 Å². The van der Waals surface area contributed by atoms with Crippen LogP contribution < -0.4 is 10.6 Å². The number of nitrogens with one attached hydrogen (secondary N) is 2. The fraction of sp³-hybridized carbons (Fsp3) is 0.722. The number of thiophene rings is 1. The van der Waals surface area contributed by atoms with Gasteiger partial charge in [0.15, 0.2) is 5.96 Å². The second-order valence-electron chi connectivity index (χ2n) is 6.74. The number of halogens is 1. The van der Waals surface area contributed by atoms with E-state index in [1.54, 1.807) is 11.3 Å². The molecule has 25 heavy (non-hydrogen) atoms. The molecule has 0 aromatic carbocycles. The molecular weight excluding hydrogens is 447 g/mol. The lowest BCUT2D eigenvalue weighted by Crippen LogP contribution is -2.60. The second-order valence-corrected chi connectivity index (χ2v) is 7.78. The summed E-state index contributed by atoms with van der Waals surface area (Å²) in [6, 6.07) is 4.24. The average molecular weight is 478 g/mol. The van der Waals surface area contributed by atoms with Crippen LogP contribution in [0, 0.1) is 0 Å². The minimum Gasteiger partial charge on any atom is -0.379 e. The highest BCUT2D eigenvalue weighted by Gasteiger charge is 2.38. The number of ether oxygens (including phenoxy) is 1. The molecule has 0 radical (unpaired) electrons. The minimum absolute atomic E-state index is 0. The minimum atomic E-state index is 0. The van der Waals surface area contributed by atoms with Crippen molar-refractivity contribution in [1.29, 1.82) is 0 Å². The third-order valence-electron chi connectivity index (χ3n) is 5.28. The fourth-order valence-electron chi connectivity index (χ4n) is 3.91. The van der Waals surface area contributed by atoms with E-state index in [4.69, 9.17) is 4.74 Å². The summed E-state index contributed by atoms with van der Waals surface area (Å²) in [6.07, 6.45) is 6.60. The monoisotopic (exact) mass is 478 g/mol. The molecule has 7 heteroatoms. The first-order valence-corrected chi connectivity index (χ1v) is 10.0. The summed E-state index contributed by atoms with van der Waals surface area (Å²) >= 11 is 1.78. The van der Waals surface area contributed by atoms with Crippen molar-refractivity contribution in [3.05, 3.63) is 22.4 Å². The van der Waals surface area contributed by atoms with E-state index in [-0.39, 0.29) is 29.5 Å². The van der Waals surface area contributed by atoms with Gasteiger partial charge < -0.3 is 15.4 Å². The zero-order valence-electron chi connectivity index (χ0n) is 15.1. The molecule has 1 aliphatic carbocycles. The van der Waals surface area contributed by atoms with Crippen molar-refractivity contribution < 1.29 is 4.74 Å². The highest BCUT2D eigenvalue weighted by molar-refractivity contribution is 14.0. The maximum atomic E-state index is 5.57. The van der Waals surface area contributed by atoms with Crippen molar-refractivity contribution in [3.8, 4) is 0 Å². The molecule has 5 nitrogen and oxygen atoms in total. The van der Waals surface area contributed by atoms with Crippen molar-refractivity contribution in [2.45, 2.75) is 44.2 Å². The molecule has 2 N–H and O–H groups in total. The summed E-state index contributed by atoms with van der Waals surface area (Å²) in [4.78, 5) is 8.40. The topological polar surface area (TPSA) is 48.9 Å². The first-order chi connectivity index (χ1) is 11.8. The lowest BCUT2D eigenvalue weighted by molar-refractivity contribution is -0.0352. The molecule has 1 aromatic rings. The van der Waals surface area contributed by atoms with Gasteiger partial charge in [-0.3, -0.25) is 9.89 Å². The van der Waals surface area contributed by atoms with Crippen molar-refractivity contribution in [1.82, 2.24) is 15.5 Å². The van der Waals surface area contributed by atoms with E-state index >= 15 is 0 Å². The van der Waals surface area contributed by atoms with E-state index in [0.717, 1.165) is 45.4 Å². The van der Waals surface area contributed by atoms with Crippen LogP contribution in [-0.2, 0) is 11.3 Å². The van der Waals surface area contributed by atoms with Crippen LogP contribution in [0.1, 0.15) is 37.0 Å². The maximum Gasteiger partial charge on any atom is 0.191 e. The van der Waals surface area contributed by atoms with E-state index in [0.29, 0.717) is 0 Å². The van der Waals surface area contributed by atoms with Crippen LogP contribution in [-0.4, -0.2) is 56.3 Å². The van der Waals surface area contributed by atoms with Gasteiger partial charge in [0.25, 0.3) is 0 Å². The summed E-state index contributed by atoms with van der Waals surface area (Å²) in [5, 5.41) is 9.15. The zero-order valence-corrected chi connectivity index (χ0v) is 18.3. The van der Waals surface area contributed by atoms with E-state index < -0.39 is 0 Å². The summed E-state index contributed by atoms with van der Waals surface area (Å²) in [5.74, 6) is 0.904. The van der Waals surface area contributed by atoms with Crippen molar-refractivity contribution in [3.63, 3.8) is 0 Å². The molecule has 2 heterocycles. The number of rotatable bonds is 5. The molecular formula is C18H31IN4OS. The number of aliphatic imine (C=N–C) groups is 1. The molecule has 0 spiro atoms. The van der Waals surface area contributed by atoms with Gasteiger partial charge in [-0.2, -0.15) is 0 Å². The Kier molecular flexibility index (Phi) is 8.95. The Bertz CT molecular complexity index is 511. The van der Waals surface area contributed by atoms with Gasteiger partial charge in [-0.05, 0) is 24.3 Å². The van der Waals surface area contributed by atoms with E-state index in [1.807, 2.05) is 7.05 Å². The van der Waals surface area contributed by atoms with E-state index in [2.05, 4.69) is 38.0 Å². The van der Waals surface area contributed by atoms with Gasteiger partial charge in [0, 0.05) is 37.1 Å². The van der Waals surface area contributed by atoms with E-state index in [9.17, 15) is 0 Å². The molecule has 1 aromatic heterocycles. The molecule has 0 bridgehead atoms. The molecule has 1 aliphatic heterocycles. The van der Waals surface area contributed by atoms with Crippen LogP contribution in [0.3, 0.4) is 0 Å². The quantitative estimate of drug-likeness (QED) is 0.388. The Labute approximate surface area is 172 Å². The van der Waals surface area contributed by atoms with Gasteiger partial charge in [0.1, 0.15) is 0 Å². The second kappa shape index (κ2) is 10.7. The molecule has 3 rings (SSSR count). The van der Waals surface area contributed by atoms with Gasteiger partial charge in [-0.1, -0.05) is 25.3 Å². The van der Waals surface area contributed by atoms with Gasteiger partial charge in [0.2, 0.25) is 0 Å². The Morgan fingerprint density at radius 1 is 1.24 bits per heavy atom. The molecule has 0 amide bonds. The molecule has 0 unspecified atom stereocenters. The molecule has 0 atom stereocenters. The summed E-state index contributed by atoms with van der Waals surface area (Å²) < 4.78 is 5.57. The molecule has 2 fully saturated rings. The predicted molar refractivity (Wildman–Crippen MR) is 116 cm³/mol. The number of hydrogen-bond donors (Lipinski definition) is 2. The zero-order chi connectivity index (χ0) is 16.7. The Morgan fingerprint density at radius 2 is 2.00 bits per heavy atom. The van der Waals surface area contributed by atoms with Crippen LogP contribution in [0.4, 0.5) is 0 Å². The standard InChI is InChI=1S/C18H30N4OS.HI/c1-19-17(20-14-16-6-5-13-24-16)21-15-18(7-3-2-4-8-18)22-9-11-23-12-10-22;/h5-6,13H,2-4,7-12,14-15H2,1H3,(H2,19,20,21);1H. The number of morpholine rings is 1. The third kappa shape index (κ3) is 5.80. The third-order valence-corrected chi connectivity index (χ3v) is 6.16. The van der Waals surface area contributed by atoms with Crippen LogP contribution in [0.5, 0.6) is 0 Å². The highest BCUT2D eigenvalue weighted by Crippen LogP contribution is 2.33. The summed E-state index contributed by atoms with van der Waals surface area (Å²) in [5.41, 5.74) is 0.266. The Morgan fingerprint density at radius 3 is 2.64 bits per heavy atom. The number of nitrogens with zero attached hydrogens (tertiary/aromatic N) is 2. The molecule has 1 saturated heterocycles. The SMILES string of the molecule is CN=C(NCc1cccs1)NCC1(N2CCOCC2)CCCCC1.I. The lowest BCUT2D eigenvalue weighted by Gasteiger charge is -2.48. The molecule has 2 aliphatic rings. The Balaban J connectivity index is 0.00000225. The van der Waals surface area contributed by atoms with Gasteiger partial charge in [-0.25, -0.2) is 0 Å². The maximum absolute atomic E-state index is 5.57. The molecule has 1 saturated carbocycles. The van der Waals surface area contributed by atoms with Crippen molar-refractivity contribution in [2.24, 2.45) is 4.99 Å².